The monoisotopic (exact) mass is 446 g/mol. The summed E-state index contributed by atoms with van der Waals surface area (Å²) in [5.74, 6) is -1.44. The van der Waals surface area contributed by atoms with Crippen molar-refractivity contribution >= 4 is 51.7 Å². The summed E-state index contributed by atoms with van der Waals surface area (Å²) in [7, 11) is 0. The molecule has 0 atom stereocenters. The second-order valence-electron chi connectivity index (χ2n) is 4.84. The van der Waals surface area contributed by atoms with Gasteiger partial charge in [0.15, 0.2) is 0 Å². The van der Waals surface area contributed by atoms with Crippen LogP contribution < -0.4 is 10.6 Å². The van der Waals surface area contributed by atoms with Gasteiger partial charge in [-0.3, -0.25) is 9.59 Å². The number of hydrogen-bond donors (Lipinski definition) is 2. The van der Waals surface area contributed by atoms with Crippen LogP contribution in [0.15, 0.2) is 36.4 Å². The minimum absolute atomic E-state index is 0.187. The van der Waals surface area contributed by atoms with Crippen molar-refractivity contribution in [1.29, 1.82) is 0 Å². The van der Waals surface area contributed by atoms with E-state index in [1.54, 1.807) is 12.1 Å². The van der Waals surface area contributed by atoms with Gasteiger partial charge in [-0.25, -0.2) is 4.39 Å². The molecule has 0 radical (unpaired) electrons. The van der Waals surface area contributed by atoms with E-state index in [0.29, 0.717) is 14.3 Å². The molecule has 0 saturated heterocycles. The molecule has 2 aromatic rings. The first kappa shape index (κ1) is 17.7. The van der Waals surface area contributed by atoms with Gasteiger partial charge in [0.2, 0.25) is 5.91 Å². The highest BCUT2D eigenvalue weighted by atomic mass is 127. The van der Waals surface area contributed by atoms with E-state index in [-0.39, 0.29) is 12.1 Å². The first-order chi connectivity index (χ1) is 10.9. The molecule has 0 aliphatic rings. The maximum atomic E-state index is 13.2. The largest absolute Gasteiger partial charge is 0.343 e. The van der Waals surface area contributed by atoms with Crippen LogP contribution in [0.1, 0.15) is 15.9 Å². The average molecular weight is 447 g/mol. The van der Waals surface area contributed by atoms with Crippen molar-refractivity contribution in [3.8, 4) is 0 Å². The molecule has 0 aromatic heterocycles. The predicted octanol–water partition coefficient (Wildman–Crippen LogP) is 3.76. The van der Waals surface area contributed by atoms with E-state index in [2.05, 4.69) is 10.6 Å². The summed E-state index contributed by atoms with van der Waals surface area (Å²) in [4.78, 5) is 23.9. The first-order valence-electron chi connectivity index (χ1n) is 6.66. The highest BCUT2D eigenvalue weighted by Crippen LogP contribution is 2.22. The van der Waals surface area contributed by atoms with E-state index < -0.39 is 17.6 Å². The highest BCUT2D eigenvalue weighted by molar-refractivity contribution is 14.1. The summed E-state index contributed by atoms with van der Waals surface area (Å²) >= 11 is 7.96. The molecule has 0 heterocycles. The van der Waals surface area contributed by atoms with E-state index in [9.17, 15) is 14.0 Å². The van der Waals surface area contributed by atoms with E-state index >= 15 is 0 Å². The molecule has 0 bridgehead atoms. The molecule has 0 fully saturated rings. The summed E-state index contributed by atoms with van der Waals surface area (Å²) in [5.41, 5.74) is 1.63. The summed E-state index contributed by atoms with van der Waals surface area (Å²) < 4.78 is 13.8. The lowest BCUT2D eigenvalue weighted by Crippen LogP contribution is -2.33. The number of hydrogen-bond acceptors (Lipinski definition) is 2. The minimum atomic E-state index is -0.515. The minimum Gasteiger partial charge on any atom is -0.343 e. The van der Waals surface area contributed by atoms with Crippen molar-refractivity contribution < 1.29 is 14.0 Å². The molecule has 0 aliphatic heterocycles. The fraction of sp³-hybridized carbons (Fsp3) is 0.125. The molecule has 2 aromatic carbocycles. The van der Waals surface area contributed by atoms with Gasteiger partial charge in [0.25, 0.3) is 5.91 Å². The number of carbonyl (C=O) groups is 2. The molecule has 7 heteroatoms. The van der Waals surface area contributed by atoms with Crippen molar-refractivity contribution in [2.45, 2.75) is 6.92 Å². The average Bonchev–Trinajstić information content (AvgIpc) is 2.50. The fourth-order valence-electron chi connectivity index (χ4n) is 1.84. The molecule has 2 amide bonds. The Hall–Kier alpha value is -1.67. The smallest absolute Gasteiger partial charge is 0.252 e. The standard InChI is InChI=1S/C16H13ClFIN2O2/c1-9-2-5-14(12(17)6-9)21-15(22)8-20-16(23)11-7-10(18)3-4-13(11)19/h2-7H,8H2,1H3,(H,20,23)(H,21,22). The summed E-state index contributed by atoms with van der Waals surface area (Å²) in [5, 5.41) is 5.48. The Kier molecular flexibility index (Phi) is 5.95. The molecule has 0 saturated carbocycles. The van der Waals surface area contributed by atoms with Crippen LogP contribution in [0.3, 0.4) is 0 Å². The highest BCUT2D eigenvalue weighted by Gasteiger charge is 2.13. The lowest BCUT2D eigenvalue weighted by molar-refractivity contribution is -0.115. The molecule has 2 rings (SSSR count). The fourth-order valence-corrected chi connectivity index (χ4v) is 2.71. The third kappa shape index (κ3) is 4.90. The molecule has 0 aliphatic carbocycles. The Morgan fingerprint density at radius 3 is 2.65 bits per heavy atom. The van der Waals surface area contributed by atoms with Crippen LogP contribution in [0.2, 0.25) is 5.02 Å². The number of halogens is 3. The number of rotatable bonds is 4. The summed E-state index contributed by atoms with van der Waals surface area (Å²) in [6, 6.07) is 9.13. The van der Waals surface area contributed by atoms with Crippen LogP contribution in [-0.4, -0.2) is 18.4 Å². The lowest BCUT2D eigenvalue weighted by atomic mass is 10.2. The van der Waals surface area contributed by atoms with Crippen LogP contribution in [-0.2, 0) is 4.79 Å². The van der Waals surface area contributed by atoms with Gasteiger partial charge in [-0.05, 0) is 65.4 Å². The maximum Gasteiger partial charge on any atom is 0.252 e. The first-order valence-corrected chi connectivity index (χ1v) is 8.12. The van der Waals surface area contributed by atoms with E-state index in [1.807, 2.05) is 35.6 Å². The number of benzene rings is 2. The summed E-state index contributed by atoms with van der Waals surface area (Å²) in [6.45, 7) is 1.65. The van der Waals surface area contributed by atoms with Crippen LogP contribution >= 0.6 is 34.2 Å². The van der Waals surface area contributed by atoms with Crippen molar-refractivity contribution in [3.63, 3.8) is 0 Å². The molecule has 2 N–H and O–H groups in total. The molecular weight excluding hydrogens is 434 g/mol. The van der Waals surface area contributed by atoms with Crippen molar-refractivity contribution in [2.75, 3.05) is 11.9 Å². The number of nitrogens with one attached hydrogen (secondary N) is 2. The number of carbonyl (C=O) groups excluding carboxylic acids is 2. The third-order valence-corrected chi connectivity index (χ3v) is 4.23. The van der Waals surface area contributed by atoms with Crippen molar-refractivity contribution in [3.05, 3.63) is 61.9 Å². The Balaban J connectivity index is 1.96. The second kappa shape index (κ2) is 7.74. The second-order valence-corrected chi connectivity index (χ2v) is 6.41. The van der Waals surface area contributed by atoms with Crippen LogP contribution in [0.4, 0.5) is 10.1 Å². The van der Waals surface area contributed by atoms with Crippen LogP contribution in [0.25, 0.3) is 0 Å². The van der Waals surface area contributed by atoms with Crippen LogP contribution in [0, 0.1) is 16.3 Å². The van der Waals surface area contributed by atoms with Crippen LogP contribution in [0.5, 0.6) is 0 Å². The van der Waals surface area contributed by atoms with Gasteiger partial charge in [0.05, 0.1) is 22.8 Å². The molecule has 0 unspecified atom stereocenters. The zero-order valence-corrected chi connectivity index (χ0v) is 15.0. The topological polar surface area (TPSA) is 58.2 Å². The predicted molar refractivity (Wildman–Crippen MR) is 96.3 cm³/mol. The quantitative estimate of drug-likeness (QED) is 0.703. The number of aryl methyl sites for hydroxylation is 1. The molecule has 0 spiro atoms. The van der Waals surface area contributed by atoms with Gasteiger partial charge in [0, 0.05) is 3.57 Å². The molecule has 4 nitrogen and oxygen atoms in total. The third-order valence-electron chi connectivity index (χ3n) is 2.98. The van der Waals surface area contributed by atoms with Gasteiger partial charge in [-0.15, -0.1) is 0 Å². The zero-order valence-electron chi connectivity index (χ0n) is 12.1. The van der Waals surface area contributed by atoms with Gasteiger partial charge in [0.1, 0.15) is 5.82 Å². The number of anilines is 1. The Labute approximate surface area is 151 Å². The van der Waals surface area contributed by atoms with E-state index in [0.717, 1.165) is 11.6 Å². The van der Waals surface area contributed by atoms with Gasteiger partial charge in [-0.2, -0.15) is 0 Å². The van der Waals surface area contributed by atoms with Crippen molar-refractivity contribution in [1.82, 2.24) is 5.32 Å². The maximum absolute atomic E-state index is 13.2. The Morgan fingerprint density at radius 1 is 1.22 bits per heavy atom. The molecular formula is C16H13ClFIN2O2. The van der Waals surface area contributed by atoms with Gasteiger partial charge < -0.3 is 10.6 Å². The van der Waals surface area contributed by atoms with Gasteiger partial charge in [-0.1, -0.05) is 17.7 Å². The Morgan fingerprint density at radius 2 is 1.96 bits per heavy atom. The summed E-state index contributed by atoms with van der Waals surface area (Å²) in [6.07, 6.45) is 0. The van der Waals surface area contributed by atoms with Gasteiger partial charge >= 0.3 is 0 Å². The molecule has 23 heavy (non-hydrogen) atoms. The molecule has 120 valence electrons. The SMILES string of the molecule is Cc1ccc(NC(=O)CNC(=O)c2cc(F)ccc2I)c(Cl)c1. The Bertz CT molecular complexity index is 768. The lowest BCUT2D eigenvalue weighted by Gasteiger charge is -2.09. The van der Waals surface area contributed by atoms with Crippen molar-refractivity contribution in [2.24, 2.45) is 0 Å². The van der Waals surface area contributed by atoms with E-state index in [4.69, 9.17) is 11.6 Å². The van der Waals surface area contributed by atoms with E-state index in [1.165, 1.54) is 12.1 Å². The zero-order chi connectivity index (χ0) is 17.0. The number of amides is 2. The normalized spacial score (nSPS) is 10.3.